The molecule has 0 saturated carbocycles. The number of nitrogens with zero attached hydrogens (tertiary/aromatic N) is 2. The normalized spacial score (nSPS) is 29.8. The van der Waals surface area contributed by atoms with E-state index in [4.69, 9.17) is 5.26 Å². The molecular weight excluding hydrogens is 156 g/mol. The highest BCUT2D eigenvalue weighted by Crippen LogP contribution is 2.29. The lowest BCUT2D eigenvalue weighted by Gasteiger charge is -2.16. The molecule has 0 aliphatic carbocycles. The average Bonchev–Trinajstić information content (AvgIpc) is 2.47. The fraction of sp³-hybridized carbons (Fsp3) is 0.750. The Morgan fingerprint density at radius 3 is 2.75 bits per heavy atom. The van der Waals surface area contributed by atoms with Gasteiger partial charge < -0.3 is 9.64 Å². The fourth-order valence-corrected chi connectivity index (χ4v) is 1.50. The first-order chi connectivity index (χ1) is 5.64. The molecule has 0 amide bonds. The van der Waals surface area contributed by atoms with Crippen molar-refractivity contribution in [3.8, 4) is 6.07 Å². The van der Waals surface area contributed by atoms with Gasteiger partial charge in [-0.2, -0.15) is 5.26 Å². The molecule has 1 heterocycles. The van der Waals surface area contributed by atoms with Gasteiger partial charge in [0, 0.05) is 13.1 Å². The molecule has 0 bridgehead atoms. The van der Waals surface area contributed by atoms with Crippen molar-refractivity contribution in [2.75, 3.05) is 27.2 Å². The molecule has 1 saturated heterocycles. The number of carbonyl (C=O) groups excluding carboxylic acids is 1. The first kappa shape index (κ1) is 9.01. The molecule has 0 aromatic heterocycles. The summed E-state index contributed by atoms with van der Waals surface area (Å²) in [5.41, 5.74) is -0.913. The molecule has 0 N–H and O–H groups in total. The summed E-state index contributed by atoms with van der Waals surface area (Å²) in [5.74, 6) is -0.408. The fourth-order valence-electron chi connectivity index (χ4n) is 1.50. The second-order valence-corrected chi connectivity index (χ2v) is 3.17. The number of methoxy groups -OCH3 is 1. The van der Waals surface area contributed by atoms with Gasteiger partial charge in [0.25, 0.3) is 0 Å². The van der Waals surface area contributed by atoms with Gasteiger partial charge in [0.1, 0.15) is 0 Å². The smallest absolute Gasteiger partial charge is 0.327 e. The number of nitriles is 1. The Hall–Kier alpha value is -1.08. The summed E-state index contributed by atoms with van der Waals surface area (Å²) >= 11 is 0. The summed E-state index contributed by atoms with van der Waals surface area (Å²) in [5, 5.41) is 8.86. The van der Waals surface area contributed by atoms with E-state index in [1.54, 1.807) is 0 Å². The van der Waals surface area contributed by atoms with Crippen LogP contribution in [-0.2, 0) is 9.53 Å². The van der Waals surface area contributed by atoms with E-state index in [-0.39, 0.29) is 0 Å². The van der Waals surface area contributed by atoms with Crippen molar-refractivity contribution < 1.29 is 9.53 Å². The largest absolute Gasteiger partial charge is 0.468 e. The van der Waals surface area contributed by atoms with Crippen LogP contribution in [0.2, 0.25) is 0 Å². The predicted molar refractivity (Wildman–Crippen MR) is 42.2 cm³/mol. The van der Waals surface area contributed by atoms with Crippen LogP contribution in [0, 0.1) is 16.7 Å². The van der Waals surface area contributed by atoms with Crippen LogP contribution in [0.25, 0.3) is 0 Å². The molecule has 1 rings (SSSR count). The van der Waals surface area contributed by atoms with Crippen molar-refractivity contribution >= 4 is 5.97 Å². The van der Waals surface area contributed by atoms with Gasteiger partial charge in [-0.1, -0.05) is 0 Å². The van der Waals surface area contributed by atoms with Crippen molar-refractivity contribution in [2.24, 2.45) is 5.41 Å². The third kappa shape index (κ3) is 1.28. The SMILES string of the molecule is COC(=O)C1(C#N)CCN(C)C1. The van der Waals surface area contributed by atoms with Crippen LogP contribution in [0.1, 0.15) is 6.42 Å². The summed E-state index contributed by atoms with van der Waals surface area (Å²) in [7, 11) is 3.21. The van der Waals surface area contributed by atoms with E-state index >= 15 is 0 Å². The van der Waals surface area contributed by atoms with E-state index < -0.39 is 11.4 Å². The summed E-state index contributed by atoms with van der Waals surface area (Å²) in [6, 6.07) is 2.04. The molecule has 1 unspecified atom stereocenters. The topological polar surface area (TPSA) is 53.3 Å². The zero-order valence-corrected chi connectivity index (χ0v) is 7.33. The summed E-state index contributed by atoms with van der Waals surface area (Å²) in [6.07, 6.45) is 0.576. The summed E-state index contributed by atoms with van der Waals surface area (Å²) in [4.78, 5) is 13.2. The molecule has 12 heavy (non-hydrogen) atoms. The molecular formula is C8H12N2O2. The van der Waals surface area contributed by atoms with E-state index in [1.165, 1.54) is 7.11 Å². The van der Waals surface area contributed by atoms with Crippen molar-refractivity contribution in [2.45, 2.75) is 6.42 Å². The van der Waals surface area contributed by atoms with Crippen LogP contribution >= 0.6 is 0 Å². The maximum absolute atomic E-state index is 11.2. The quantitative estimate of drug-likeness (QED) is 0.517. The molecule has 0 aromatic rings. The number of carbonyl (C=O) groups is 1. The highest BCUT2D eigenvalue weighted by molar-refractivity contribution is 5.80. The molecule has 1 aliphatic heterocycles. The van der Waals surface area contributed by atoms with Crippen molar-refractivity contribution in [3.05, 3.63) is 0 Å². The molecule has 66 valence electrons. The first-order valence-corrected chi connectivity index (χ1v) is 3.83. The highest BCUT2D eigenvalue weighted by Gasteiger charge is 2.45. The Kier molecular flexibility index (Phi) is 2.34. The number of rotatable bonds is 1. The number of esters is 1. The number of ether oxygens (including phenoxy) is 1. The Morgan fingerprint density at radius 2 is 2.42 bits per heavy atom. The zero-order chi connectivity index (χ0) is 9.19. The number of likely N-dealkylation sites (tertiary alicyclic amines) is 1. The minimum atomic E-state index is -0.913. The number of hydrogen-bond acceptors (Lipinski definition) is 4. The Balaban J connectivity index is 2.79. The van der Waals surface area contributed by atoms with E-state index in [9.17, 15) is 4.79 Å². The van der Waals surface area contributed by atoms with Gasteiger partial charge in [-0.15, -0.1) is 0 Å². The standard InChI is InChI=1S/C8H12N2O2/c1-10-4-3-8(5-9,6-10)7(11)12-2/h3-4,6H2,1-2H3. The second kappa shape index (κ2) is 3.11. The first-order valence-electron chi connectivity index (χ1n) is 3.83. The van der Waals surface area contributed by atoms with E-state index in [0.29, 0.717) is 13.0 Å². The minimum absolute atomic E-state index is 0.408. The molecule has 1 aliphatic rings. The van der Waals surface area contributed by atoms with Crippen molar-refractivity contribution in [3.63, 3.8) is 0 Å². The lowest BCUT2D eigenvalue weighted by Crippen LogP contribution is -2.33. The van der Waals surface area contributed by atoms with Gasteiger partial charge in [-0.05, 0) is 13.5 Å². The van der Waals surface area contributed by atoms with Crippen LogP contribution in [0.4, 0.5) is 0 Å². The summed E-state index contributed by atoms with van der Waals surface area (Å²) in [6.45, 7) is 1.26. The van der Waals surface area contributed by atoms with Crippen LogP contribution in [0.15, 0.2) is 0 Å². The molecule has 0 aromatic carbocycles. The van der Waals surface area contributed by atoms with E-state index in [2.05, 4.69) is 4.74 Å². The maximum Gasteiger partial charge on any atom is 0.327 e. The lowest BCUT2D eigenvalue weighted by molar-refractivity contribution is -0.148. The third-order valence-corrected chi connectivity index (χ3v) is 2.25. The molecule has 1 fully saturated rings. The van der Waals surface area contributed by atoms with Crippen LogP contribution < -0.4 is 0 Å². The van der Waals surface area contributed by atoms with Gasteiger partial charge in [0.15, 0.2) is 5.41 Å². The van der Waals surface area contributed by atoms with Gasteiger partial charge in [0.05, 0.1) is 13.2 Å². The van der Waals surface area contributed by atoms with Crippen LogP contribution in [-0.4, -0.2) is 38.1 Å². The van der Waals surface area contributed by atoms with Crippen LogP contribution in [0.3, 0.4) is 0 Å². The van der Waals surface area contributed by atoms with Gasteiger partial charge in [0.2, 0.25) is 0 Å². The monoisotopic (exact) mass is 168 g/mol. The molecule has 0 spiro atoms. The highest BCUT2D eigenvalue weighted by atomic mass is 16.5. The van der Waals surface area contributed by atoms with E-state index in [0.717, 1.165) is 6.54 Å². The van der Waals surface area contributed by atoms with Crippen LogP contribution in [0.5, 0.6) is 0 Å². The minimum Gasteiger partial charge on any atom is -0.468 e. The van der Waals surface area contributed by atoms with Crippen molar-refractivity contribution in [1.82, 2.24) is 4.90 Å². The zero-order valence-electron chi connectivity index (χ0n) is 7.33. The van der Waals surface area contributed by atoms with E-state index in [1.807, 2.05) is 18.0 Å². The molecule has 0 radical (unpaired) electrons. The van der Waals surface area contributed by atoms with Crippen molar-refractivity contribution in [1.29, 1.82) is 5.26 Å². The Morgan fingerprint density at radius 1 is 1.75 bits per heavy atom. The van der Waals surface area contributed by atoms with Gasteiger partial charge in [-0.25, -0.2) is 0 Å². The lowest BCUT2D eigenvalue weighted by atomic mass is 9.89. The second-order valence-electron chi connectivity index (χ2n) is 3.17. The average molecular weight is 168 g/mol. The Labute approximate surface area is 71.7 Å². The predicted octanol–water partition coefficient (Wildman–Crippen LogP) is 0.00488. The van der Waals surface area contributed by atoms with Gasteiger partial charge >= 0.3 is 5.97 Å². The summed E-state index contributed by atoms with van der Waals surface area (Å²) < 4.78 is 4.59. The van der Waals surface area contributed by atoms with Gasteiger partial charge in [-0.3, -0.25) is 4.79 Å². The third-order valence-electron chi connectivity index (χ3n) is 2.25. The number of hydrogen-bond donors (Lipinski definition) is 0. The maximum atomic E-state index is 11.2. The molecule has 1 atom stereocenters. The molecule has 4 nitrogen and oxygen atoms in total. The Bertz CT molecular complexity index is 234. The molecule has 4 heteroatoms.